The van der Waals surface area contributed by atoms with Crippen molar-refractivity contribution in [2.75, 3.05) is 0 Å². The third-order valence-corrected chi connectivity index (χ3v) is 6.36. The molecule has 0 aliphatic carbocycles. The van der Waals surface area contributed by atoms with Crippen molar-refractivity contribution in [3.05, 3.63) is 94.3 Å². The van der Waals surface area contributed by atoms with Gasteiger partial charge in [-0.2, -0.15) is 0 Å². The van der Waals surface area contributed by atoms with E-state index in [1.54, 1.807) is 12.1 Å². The predicted molar refractivity (Wildman–Crippen MR) is 95.8 cm³/mol. The van der Waals surface area contributed by atoms with Crippen LogP contribution in [-0.4, -0.2) is 13.4 Å². The van der Waals surface area contributed by atoms with Crippen LogP contribution < -0.4 is 0 Å². The first-order chi connectivity index (χ1) is 12.3. The molecule has 0 N–H and O–H groups in total. The Labute approximate surface area is 155 Å². The zero-order valence-corrected chi connectivity index (χ0v) is 15.2. The second-order valence-electron chi connectivity index (χ2n) is 5.80. The van der Waals surface area contributed by atoms with E-state index in [1.807, 2.05) is 6.92 Å². The summed E-state index contributed by atoms with van der Waals surface area (Å²) >= 11 is 6.14. The van der Waals surface area contributed by atoms with Gasteiger partial charge >= 0.3 is 0 Å². The van der Waals surface area contributed by atoms with E-state index in [1.165, 1.54) is 30.6 Å². The van der Waals surface area contributed by atoms with Crippen molar-refractivity contribution >= 4 is 21.4 Å². The number of nitrogens with zero attached hydrogens (tertiary/aromatic N) is 1. The number of sulfone groups is 1. The average molecular weight is 394 g/mol. The van der Waals surface area contributed by atoms with Crippen molar-refractivity contribution in [2.45, 2.75) is 17.1 Å². The van der Waals surface area contributed by atoms with Crippen LogP contribution >= 0.6 is 11.6 Å². The Morgan fingerprint density at radius 1 is 1.00 bits per heavy atom. The molecule has 1 unspecified atom stereocenters. The SMILES string of the molecule is Cc1ccc(S(=O)(=O)C(c2cc(F)ccc2F)c2ccncc2Cl)cc1. The molecule has 3 aromatic rings. The molecule has 0 amide bonds. The third kappa shape index (κ3) is 3.48. The van der Waals surface area contributed by atoms with Gasteiger partial charge in [0, 0.05) is 18.0 Å². The maximum atomic E-state index is 14.5. The molecule has 0 spiro atoms. The van der Waals surface area contributed by atoms with E-state index in [9.17, 15) is 17.2 Å². The van der Waals surface area contributed by atoms with Crippen molar-refractivity contribution in [2.24, 2.45) is 0 Å². The van der Waals surface area contributed by atoms with Crippen LogP contribution in [0.15, 0.2) is 65.8 Å². The van der Waals surface area contributed by atoms with E-state index in [-0.39, 0.29) is 21.0 Å². The highest BCUT2D eigenvalue weighted by Crippen LogP contribution is 2.39. The first-order valence-corrected chi connectivity index (χ1v) is 9.58. The highest BCUT2D eigenvalue weighted by molar-refractivity contribution is 7.92. The summed E-state index contributed by atoms with van der Waals surface area (Å²) in [5.74, 6) is -1.57. The molecule has 0 fully saturated rings. The van der Waals surface area contributed by atoms with Crippen LogP contribution in [0.3, 0.4) is 0 Å². The number of benzene rings is 2. The summed E-state index contributed by atoms with van der Waals surface area (Å²) in [7, 11) is -4.10. The Balaban J connectivity index is 2.29. The summed E-state index contributed by atoms with van der Waals surface area (Å²) in [6, 6.07) is 10.2. The Bertz CT molecular complexity index is 1050. The molecule has 0 aliphatic rings. The lowest BCUT2D eigenvalue weighted by Gasteiger charge is -2.20. The smallest absolute Gasteiger partial charge is 0.189 e. The Kier molecular flexibility index (Phi) is 5.07. The summed E-state index contributed by atoms with van der Waals surface area (Å²) in [5, 5.41) is -1.45. The van der Waals surface area contributed by atoms with Crippen LogP contribution in [0.1, 0.15) is 21.9 Å². The lowest BCUT2D eigenvalue weighted by atomic mass is 10.0. The number of hydrogen-bond donors (Lipinski definition) is 0. The lowest BCUT2D eigenvalue weighted by Crippen LogP contribution is -2.17. The van der Waals surface area contributed by atoms with E-state index in [4.69, 9.17) is 11.6 Å². The number of rotatable bonds is 4. The maximum Gasteiger partial charge on any atom is 0.189 e. The van der Waals surface area contributed by atoms with Gasteiger partial charge < -0.3 is 0 Å². The van der Waals surface area contributed by atoms with Crippen LogP contribution in [0.25, 0.3) is 0 Å². The Morgan fingerprint density at radius 2 is 1.69 bits per heavy atom. The molecule has 134 valence electrons. The summed E-state index contributed by atoms with van der Waals surface area (Å²) in [5.41, 5.74) is 0.699. The van der Waals surface area contributed by atoms with Gasteiger partial charge in [0.2, 0.25) is 0 Å². The second-order valence-corrected chi connectivity index (χ2v) is 8.24. The minimum Gasteiger partial charge on any atom is -0.263 e. The largest absolute Gasteiger partial charge is 0.263 e. The average Bonchev–Trinajstić information content (AvgIpc) is 2.60. The fourth-order valence-electron chi connectivity index (χ4n) is 2.68. The number of halogens is 3. The quantitative estimate of drug-likeness (QED) is 0.634. The van der Waals surface area contributed by atoms with Gasteiger partial charge in [0.25, 0.3) is 0 Å². The highest BCUT2D eigenvalue weighted by atomic mass is 35.5. The fraction of sp³-hybridized carbons (Fsp3) is 0.105. The first kappa shape index (κ1) is 18.5. The van der Waals surface area contributed by atoms with Gasteiger partial charge in [0.1, 0.15) is 16.9 Å². The monoisotopic (exact) mass is 393 g/mol. The molecule has 1 aromatic heterocycles. The minimum atomic E-state index is -4.10. The second kappa shape index (κ2) is 7.13. The molecule has 3 rings (SSSR count). The molecule has 0 radical (unpaired) electrons. The summed E-state index contributed by atoms with van der Waals surface area (Å²) < 4.78 is 54.8. The number of aromatic nitrogens is 1. The molecule has 3 nitrogen and oxygen atoms in total. The summed E-state index contributed by atoms with van der Waals surface area (Å²) in [6.07, 6.45) is 2.63. The molecule has 0 bridgehead atoms. The number of hydrogen-bond acceptors (Lipinski definition) is 3. The van der Waals surface area contributed by atoms with E-state index >= 15 is 0 Å². The third-order valence-electron chi connectivity index (χ3n) is 3.99. The lowest BCUT2D eigenvalue weighted by molar-refractivity contribution is 0.569. The van der Waals surface area contributed by atoms with Crippen molar-refractivity contribution in [3.63, 3.8) is 0 Å². The zero-order valence-electron chi connectivity index (χ0n) is 13.7. The molecule has 26 heavy (non-hydrogen) atoms. The van der Waals surface area contributed by atoms with Gasteiger partial charge in [-0.1, -0.05) is 29.3 Å². The Morgan fingerprint density at radius 3 is 2.35 bits per heavy atom. The van der Waals surface area contributed by atoms with Crippen molar-refractivity contribution < 1.29 is 17.2 Å². The molecule has 1 heterocycles. The van der Waals surface area contributed by atoms with Crippen LogP contribution in [0.5, 0.6) is 0 Å². The van der Waals surface area contributed by atoms with E-state index < -0.39 is 26.7 Å². The molecule has 0 saturated carbocycles. The molecule has 2 aromatic carbocycles. The van der Waals surface area contributed by atoms with Gasteiger partial charge in [-0.3, -0.25) is 4.98 Å². The molecule has 1 atom stereocenters. The van der Waals surface area contributed by atoms with Crippen molar-refractivity contribution in [1.29, 1.82) is 0 Å². The fourth-order valence-corrected chi connectivity index (χ4v) is 4.82. The summed E-state index contributed by atoms with van der Waals surface area (Å²) in [4.78, 5) is 3.82. The predicted octanol–water partition coefficient (Wildman–Crippen LogP) is 4.88. The maximum absolute atomic E-state index is 14.5. The van der Waals surface area contributed by atoms with Crippen molar-refractivity contribution in [1.82, 2.24) is 4.98 Å². The normalized spacial score (nSPS) is 12.8. The van der Waals surface area contributed by atoms with Crippen molar-refractivity contribution in [3.8, 4) is 0 Å². The number of aryl methyl sites for hydroxylation is 1. The van der Waals surface area contributed by atoms with E-state index in [2.05, 4.69) is 4.98 Å². The molecular weight excluding hydrogens is 380 g/mol. The standard InChI is InChI=1S/C19H14ClF2NO2S/c1-12-2-5-14(6-3-12)26(24,25)19(15-8-9-23-11-17(15)20)16-10-13(21)4-7-18(16)22/h2-11,19H,1H3. The van der Waals surface area contributed by atoms with E-state index in [0.717, 1.165) is 23.8 Å². The topological polar surface area (TPSA) is 47.0 Å². The van der Waals surface area contributed by atoms with Gasteiger partial charge in [-0.05, 0) is 48.9 Å². The van der Waals surface area contributed by atoms with Crippen LogP contribution in [0.4, 0.5) is 8.78 Å². The van der Waals surface area contributed by atoms with Gasteiger partial charge in [0.15, 0.2) is 9.84 Å². The van der Waals surface area contributed by atoms with Crippen LogP contribution in [-0.2, 0) is 9.84 Å². The van der Waals surface area contributed by atoms with Crippen LogP contribution in [0.2, 0.25) is 5.02 Å². The van der Waals surface area contributed by atoms with Gasteiger partial charge in [0.05, 0.1) is 9.92 Å². The van der Waals surface area contributed by atoms with Gasteiger partial charge in [-0.15, -0.1) is 0 Å². The molecule has 7 heteroatoms. The van der Waals surface area contributed by atoms with Crippen LogP contribution in [0, 0.1) is 18.6 Å². The molecular formula is C19H14ClF2NO2S. The van der Waals surface area contributed by atoms with Gasteiger partial charge in [-0.25, -0.2) is 17.2 Å². The number of pyridine rings is 1. The molecule has 0 aliphatic heterocycles. The minimum absolute atomic E-state index is 0.00959. The zero-order chi connectivity index (χ0) is 18.9. The van der Waals surface area contributed by atoms with E-state index in [0.29, 0.717) is 0 Å². The highest BCUT2D eigenvalue weighted by Gasteiger charge is 2.34. The summed E-state index contributed by atoms with van der Waals surface area (Å²) in [6.45, 7) is 1.82. The first-order valence-electron chi connectivity index (χ1n) is 7.65. The molecule has 0 saturated heterocycles. The Hall–Kier alpha value is -2.31.